The van der Waals surface area contributed by atoms with E-state index in [1.807, 2.05) is 24.3 Å². The van der Waals surface area contributed by atoms with Crippen molar-refractivity contribution in [2.24, 2.45) is 5.10 Å². The second-order valence-electron chi connectivity index (χ2n) is 4.26. The van der Waals surface area contributed by atoms with Gasteiger partial charge in [0.1, 0.15) is 0 Å². The first-order valence-electron chi connectivity index (χ1n) is 6.30. The number of benzene rings is 2. The Morgan fingerprint density at radius 2 is 1.70 bits per heavy atom. The van der Waals surface area contributed by atoms with Gasteiger partial charge in [0.15, 0.2) is 0 Å². The van der Waals surface area contributed by atoms with Gasteiger partial charge in [-0.3, -0.25) is 0 Å². The number of aryl methyl sites for hydroxylation is 1. The lowest BCUT2D eigenvalue weighted by Crippen LogP contribution is -2.18. The molecule has 0 radical (unpaired) electrons. The molecule has 0 aliphatic heterocycles. The fourth-order valence-electron chi connectivity index (χ4n) is 1.66. The summed E-state index contributed by atoms with van der Waals surface area (Å²) in [7, 11) is -3.59. The molecule has 0 aliphatic rings. The van der Waals surface area contributed by atoms with Crippen LogP contribution in [0.3, 0.4) is 0 Å². The highest BCUT2D eigenvalue weighted by Gasteiger charge is 2.10. The molecule has 0 unspecified atom stereocenters. The van der Waals surface area contributed by atoms with E-state index >= 15 is 0 Å². The summed E-state index contributed by atoms with van der Waals surface area (Å²) in [4.78, 5) is 2.39. The smallest absolute Gasteiger partial charge is 0.200 e. The number of rotatable bonds is 5. The Morgan fingerprint density at radius 3 is 2.30 bits per heavy atom. The average molecular weight is 288 g/mol. The summed E-state index contributed by atoms with van der Waals surface area (Å²) in [5.41, 5.74) is 2.07. The Bertz CT molecular complexity index is 678. The summed E-state index contributed by atoms with van der Waals surface area (Å²) in [6, 6.07) is 15.9. The first kappa shape index (κ1) is 14.3. The van der Waals surface area contributed by atoms with Crippen LogP contribution >= 0.6 is 0 Å². The first-order valence-corrected chi connectivity index (χ1v) is 7.79. The molecule has 2 rings (SSSR count). The lowest BCUT2D eigenvalue weighted by molar-refractivity contribution is 0.584. The highest BCUT2D eigenvalue weighted by atomic mass is 32.2. The molecule has 4 nitrogen and oxygen atoms in total. The third kappa shape index (κ3) is 3.68. The second-order valence-corrected chi connectivity index (χ2v) is 5.92. The van der Waals surface area contributed by atoms with Gasteiger partial charge in [-0.05, 0) is 29.7 Å². The average Bonchev–Trinajstić information content (AvgIpc) is 2.49. The lowest BCUT2D eigenvalue weighted by Gasteiger charge is -2.02. The van der Waals surface area contributed by atoms with Crippen molar-refractivity contribution in [3.05, 3.63) is 65.7 Å². The van der Waals surface area contributed by atoms with E-state index in [1.165, 1.54) is 23.9 Å². The van der Waals surface area contributed by atoms with Crippen LogP contribution in [0.15, 0.2) is 64.6 Å². The lowest BCUT2D eigenvalue weighted by atomic mass is 10.1. The molecule has 1 N–H and O–H groups in total. The van der Waals surface area contributed by atoms with Crippen LogP contribution in [0.2, 0.25) is 0 Å². The van der Waals surface area contributed by atoms with Gasteiger partial charge in [0.2, 0.25) is 0 Å². The number of sulfonamides is 1. The molecule has 0 saturated heterocycles. The molecule has 2 aromatic carbocycles. The SMILES string of the molecule is CCc1ccc(/C=N/NS(=O)(=O)c2ccccc2)cc1. The van der Waals surface area contributed by atoms with Crippen LogP contribution < -0.4 is 4.83 Å². The minimum Gasteiger partial charge on any atom is -0.200 e. The molecule has 0 amide bonds. The van der Waals surface area contributed by atoms with Gasteiger partial charge in [0.25, 0.3) is 10.0 Å². The van der Waals surface area contributed by atoms with Crippen LogP contribution in [0.1, 0.15) is 18.1 Å². The molecular weight excluding hydrogens is 272 g/mol. The van der Waals surface area contributed by atoms with Gasteiger partial charge < -0.3 is 0 Å². The highest BCUT2D eigenvalue weighted by Crippen LogP contribution is 2.07. The highest BCUT2D eigenvalue weighted by molar-refractivity contribution is 7.89. The van der Waals surface area contributed by atoms with Crippen molar-refractivity contribution >= 4 is 16.2 Å². The molecule has 0 atom stereocenters. The molecule has 20 heavy (non-hydrogen) atoms. The number of nitrogens with zero attached hydrogens (tertiary/aromatic N) is 1. The van der Waals surface area contributed by atoms with Gasteiger partial charge in [-0.15, -0.1) is 0 Å². The maximum Gasteiger partial charge on any atom is 0.276 e. The normalized spacial score (nSPS) is 11.7. The summed E-state index contributed by atoms with van der Waals surface area (Å²) in [6.07, 6.45) is 2.46. The van der Waals surface area contributed by atoms with Crippen molar-refractivity contribution in [1.82, 2.24) is 4.83 Å². The zero-order chi connectivity index (χ0) is 14.4. The van der Waals surface area contributed by atoms with Gasteiger partial charge in [-0.2, -0.15) is 13.5 Å². The summed E-state index contributed by atoms with van der Waals surface area (Å²) in [5, 5.41) is 3.78. The van der Waals surface area contributed by atoms with Crippen LogP contribution in [-0.2, 0) is 16.4 Å². The van der Waals surface area contributed by atoms with E-state index in [0.29, 0.717) is 0 Å². The van der Waals surface area contributed by atoms with Crippen molar-refractivity contribution in [3.8, 4) is 0 Å². The van der Waals surface area contributed by atoms with Crippen LogP contribution in [0.5, 0.6) is 0 Å². The molecule has 2 aromatic rings. The van der Waals surface area contributed by atoms with Gasteiger partial charge in [0, 0.05) is 0 Å². The van der Waals surface area contributed by atoms with E-state index < -0.39 is 10.0 Å². The maximum atomic E-state index is 11.9. The summed E-state index contributed by atoms with van der Waals surface area (Å²) < 4.78 is 23.8. The minimum absolute atomic E-state index is 0.193. The Kier molecular flexibility index (Phi) is 4.53. The second kappa shape index (κ2) is 6.34. The third-order valence-corrected chi connectivity index (χ3v) is 4.07. The summed E-state index contributed by atoms with van der Waals surface area (Å²) in [5.74, 6) is 0. The number of hydrazone groups is 1. The third-order valence-electron chi connectivity index (χ3n) is 2.83. The molecule has 0 fully saturated rings. The van der Waals surface area contributed by atoms with Crippen molar-refractivity contribution in [1.29, 1.82) is 0 Å². The Morgan fingerprint density at radius 1 is 1.05 bits per heavy atom. The van der Waals surface area contributed by atoms with E-state index in [0.717, 1.165) is 12.0 Å². The van der Waals surface area contributed by atoms with Crippen LogP contribution in [0, 0.1) is 0 Å². The summed E-state index contributed by atoms with van der Waals surface area (Å²) >= 11 is 0. The Hall–Kier alpha value is -2.14. The van der Waals surface area contributed by atoms with E-state index in [1.54, 1.807) is 18.2 Å². The van der Waals surface area contributed by atoms with E-state index in [2.05, 4.69) is 16.9 Å². The fourth-order valence-corrected chi connectivity index (χ4v) is 2.47. The molecule has 0 heterocycles. The molecule has 0 saturated carbocycles. The zero-order valence-electron chi connectivity index (χ0n) is 11.2. The maximum absolute atomic E-state index is 11.9. The Labute approximate surface area is 119 Å². The van der Waals surface area contributed by atoms with Crippen LogP contribution in [0.25, 0.3) is 0 Å². The predicted octanol–water partition coefficient (Wildman–Crippen LogP) is 2.56. The quantitative estimate of drug-likeness (QED) is 0.679. The molecule has 0 spiro atoms. The molecule has 0 aromatic heterocycles. The van der Waals surface area contributed by atoms with Gasteiger partial charge >= 0.3 is 0 Å². The Balaban J connectivity index is 2.05. The standard InChI is InChI=1S/C15H16N2O2S/c1-2-13-8-10-14(11-9-13)12-16-17-20(18,19)15-6-4-3-5-7-15/h3-12,17H,2H2,1H3/b16-12+. The number of hydrogen-bond acceptors (Lipinski definition) is 3. The number of hydrogen-bond donors (Lipinski definition) is 1. The van der Waals surface area contributed by atoms with Crippen molar-refractivity contribution < 1.29 is 8.42 Å². The number of nitrogens with one attached hydrogen (secondary N) is 1. The van der Waals surface area contributed by atoms with Crippen LogP contribution in [0.4, 0.5) is 0 Å². The molecule has 0 aliphatic carbocycles. The predicted molar refractivity (Wildman–Crippen MR) is 80.2 cm³/mol. The molecular formula is C15H16N2O2S. The fraction of sp³-hybridized carbons (Fsp3) is 0.133. The minimum atomic E-state index is -3.59. The summed E-state index contributed by atoms with van der Waals surface area (Å²) in [6.45, 7) is 2.08. The zero-order valence-corrected chi connectivity index (χ0v) is 12.0. The van der Waals surface area contributed by atoms with E-state index in [4.69, 9.17) is 0 Å². The van der Waals surface area contributed by atoms with Crippen LogP contribution in [-0.4, -0.2) is 14.6 Å². The van der Waals surface area contributed by atoms with Crippen molar-refractivity contribution in [2.75, 3.05) is 0 Å². The van der Waals surface area contributed by atoms with E-state index in [9.17, 15) is 8.42 Å². The van der Waals surface area contributed by atoms with Gasteiger partial charge in [-0.1, -0.05) is 49.4 Å². The monoisotopic (exact) mass is 288 g/mol. The molecule has 104 valence electrons. The topological polar surface area (TPSA) is 58.5 Å². The van der Waals surface area contributed by atoms with Gasteiger partial charge in [-0.25, -0.2) is 4.83 Å². The first-order chi connectivity index (χ1) is 9.62. The molecule has 0 bridgehead atoms. The van der Waals surface area contributed by atoms with Crippen molar-refractivity contribution in [3.63, 3.8) is 0 Å². The van der Waals surface area contributed by atoms with Gasteiger partial charge in [0.05, 0.1) is 11.1 Å². The molecule has 5 heteroatoms. The largest absolute Gasteiger partial charge is 0.276 e. The van der Waals surface area contributed by atoms with Crippen molar-refractivity contribution in [2.45, 2.75) is 18.2 Å². The van der Waals surface area contributed by atoms with E-state index in [-0.39, 0.29) is 4.90 Å².